The normalized spacial score (nSPS) is 13.4. The first-order chi connectivity index (χ1) is 13.9. The maximum absolute atomic E-state index is 11.7. The minimum absolute atomic E-state index is 0.0184. The van der Waals surface area contributed by atoms with Crippen molar-refractivity contribution in [2.75, 3.05) is 0 Å². The monoisotopic (exact) mass is 400 g/mol. The second-order valence-electron chi connectivity index (χ2n) is 6.97. The van der Waals surface area contributed by atoms with Gasteiger partial charge < -0.3 is 14.9 Å². The molecule has 158 valence electrons. The van der Waals surface area contributed by atoms with Gasteiger partial charge in [-0.15, -0.1) is 0 Å². The molecule has 29 heavy (non-hydrogen) atoms. The Kier molecular flexibility index (Phi) is 11.5. The summed E-state index contributed by atoms with van der Waals surface area (Å²) in [5, 5.41) is 19.1. The Hall–Kier alpha value is -2.50. The molecular formula is C24H32O5. The van der Waals surface area contributed by atoms with Crippen LogP contribution >= 0.6 is 0 Å². The van der Waals surface area contributed by atoms with E-state index in [0.29, 0.717) is 11.3 Å². The zero-order valence-corrected chi connectivity index (χ0v) is 17.5. The zero-order valence-electron chi connectivity index (χ0n) is 17.5. The van der Waals surface area contributed by atoms with Gasteiger partial charge in [0.05, 0.1) is 12.2 Å². The number of esters is 1. The Morgan fingerprint density at radius 2 is 1.28 bits per heavy atom. The molecule has 5 heteroatoms. The Bertz CT molecular complexity index is 703. The van der Waals surface area contributed by atoms with E-state index in [9.17, 15) is 19.8 Å². The smallest absolute Gasteiger partial charge is 0.385 e. The molecule has 0 saturated heterocycles. The van der Waals surface area contributed by atoms with Gasteiger partial charge in [-0.25, -0.2) is 4.79 Å². The first-order valence-corrected chi connectivity index (χ1v) is 10.1. The number of aliphatic hydroxyl groups is 2. The van der Waals surface area contributed by atoms with Gasteiger partial charge in [0.1, 0.15) is 5.75 Å². The third kappa shape index (κ3) is 9.03. The highest BCUT2D eigenvalue weighted by molar-refractivity contribution is 6.41. The van der Waals surface area contributed by atoms with Crippen LogP contribution in [-0.2, 0) is 4.79 Å². The molecule has 0 saturated carbocycles. The van der Waals surface area contributed by atoms with Crippen molar-refractivity contribution in [1.82, 2.24) is 0 Å². The van der Waals surface area contributed by atoms with E-state index in [1.165, 1.54) is 0 Å². The predicted molar refractivity (Wildman–Crippen MR) is 114 cm³/mol. The quantitative estimate of drug-likeness (QED) is 0.282. The molecule has 0 radical (unpaired) electrons. The van der Waals surface area contributed by atoms with Crippen LogP contribution in [0.5, 0.6) is 5.75 Å². The van der Waals surface area contributed by atoms with Crippen molar-refractivity contribution >= 4 is 11.8 Å². The van der Waals surface area contributed by atoms with E-state index in [1.54, 1.807) is 60.7 Å². The van der Waals surface area contributed by atoms with E-state index in [2.05, 4.69) is 0 Å². The predicted octanol–water partition coefficient (Wildman–Crippen LogP) is 4.42. The first kappa shape index (κ1) is 24.5. The summed E-state index contributed by atoms with van der Waals surface area (Å²) in [6, 6.07) is 16.8. The van der Waals surface area contributed by atoms with Gasteiger partial charge in [-0.3, -0.25) is 4.79 Å². The van der Waals surface area contributed by atoms with E-state index in [4.69, 9.17) is 4.74 Å². The lowest BCUT2D eigenvalue weighted by atomic mass is 9.92. The van der Waals surface area contributed by atoms with Crippen molar-refractivity contribution in [2.24, 2.45) is 5.92 Å². The van der Waals surface area contributed by atoms with E-state index in [0.717, 1.165) is 25.7 Å². The summed E-state index contributed by atoms with van der Waals surface area (Å²) < 4.78 is 4.94. The number of benzene rings is 2. The number of Topliss-reactive ketones (excluding diaryl/α,β-unsaturated/α-hetero) is 1. The first-order valence-electron chi connectivity index (χ1n) is 10.1. The topological polar surface area (TPSA) is 83.8 Å². The number of para-hydroxylation sites is 1. The minimum atomic E-state index is -0.873. The molecule has 2 atom stereocenters. The van der Waals surface area contributed by atoms with Gasteiger partial charge in [-0.2, -0.15) is 0 Å². The highest BCUT2D eigenvalue weighted by Gasteiger charge is 2.20. The second-order valence-corrected chi connectivity index (χ2v) is 6.97. The SMILES string of the molecule is CCCC(O)C(C)C(O)CCC.O=C(Oc1ccccc1)C(=O)c1ccccc1. The van der Waals surface area contributed by atoms with Crippen LogP contribution in [0.1, 0.15) is 56.8 Å². The summed E-state index contributed by atoms with van der Waals surface area (Å²) in [7, 11) is 0. The van der Waals surface area contributed by atoms with E-state index >= 15 is 0 Å². The third-order valence-corrected chi connectivity index (χ3v) is 4.56. The molecule has 0 aliphatic heterocycles. The summed E-state index contributed by atoms with van der Waals surface area (Å²) in [6.07, 6.45) is 2.87. The summed E-state index contributed by atoms with van der Waals surface area (Å²) in [5.41, 5.74) is 0.327. The van der Waals surface area contributed by atoms with Crippen molar-refractivity contribution in [3.05, 3.63) is 66.2 Å². The number of carbonyl (C=O) groups is 2. The highest BCUT2D eigenvalue weighted by atomic mass is 16.5. The second kappa shape index (κ2) is 13.6. The number of aliphatic hydroxyl groups excluding tert-OH is 2. The number of hydrogen-bond acceptors (Lipinski definition) is 5. The van der Waals surface area contributed by atoms with Gasteiger partial charge in [0, 0.05) is 11.5 Å². The van der Waals surface area contributed by atoms with Crippen LogP contribution in [-0.4, -0.2) is 34.2 Å². The minimum Gasteiger partial charge on any atom is -0.421 e. The molecule has 0 aliphatic carbocycles. The molecule has 0 bridgehead atoms. The molecule has 0 spiro atoms. The van der Waals surface area contributed by atoms with Crippen molar-refractivity contribution in [3.63, 3.8) is 0 Å². The number of hydrogen-bond donors (Lipinski definition) is 2. The van der Waals surface area contributed by atoms with E-state index in [1.807, 2.05) is 20.8 Å². The van der Waals surface area contributed by atoms with Crippen LogP contribution in [0.25, 0.3) is 0 Å². The van der Waals surface area contributed by atoms with Crippen molar-refractivity contribution in [2.45, 2.75) is 58.7 Å². The van der Waals surface area contributed by atoms with Crippen LogP contribution in [0.2, 0.25) is 0 Å². The molecule has 0 aromatic heterocycles. The lowest BCUT2D eigenvalue weighted by Crippen LogP contribution is -2.29. The summed E-state index contributed by atoms with van der Waals surface area (Å²) in [4.78, 5) is 23.2. The van der Waals surface area contributed by atoms with Crippen LogP contribution in [0.3, 0.4) is 0 Å². The Morgan fingerprint density at radius 3 is 1.72 bits per heavy atom. The molecule has 0 heterocycles. The molecule has 2 aromatic rings. The van der Waals surface area contributed by atoms with Crippen molar-refractivity contribution in [1.29, 1.82) is 0 Å². The molecule has 2 rings (SSSR count). The van der Waals surface area contributed by atoms with Gasteiger partial charge in [0.15, 0.2) is 0 Å². The van der Waals surface area contributed by atoms with Crippen LogP contribution in [0.4, 0.5) is 0 Å². The van der Waals surface area contributed by atoms with E-state index in [-0.39, 0.29) is 18.1 Å². The van der Waals surface area contributed by atoms with Crippen molar-refractivity contribution < 1.29 is 24.5 Å². The number of rotatable bonds is 9. The molecule has 0 fully saturated rings. The molecule has 0 amide bonds. The molecule has 2 N–H and O–H groups in total. The number of ketones is 1. The maximum Gasteiger partial charge on any atom is 0.385 e. The Morgan fingerprint density at radius 1 is 0.828 bits per heavy atom. The fourth-order valence-electron chi connectivity index (χ4n) is 2.72. The van der Waals surface area contributed by atoms with Gasteiger partial charge in [0.25, 0.3) is 5.78 Å². The maximum atomic E-state index is 11.7. The standard InChI is InChI=1S/C14H10O3.C10H22O2/c15-13(11-7-3-1-4-8-11)14(16)17-12-9-5-2-6-10-12;1-4-6-9(11)8(3)10(12)7-5-2/h1-10H;8-12H,4-7H2,1-3H3. The highest BCUT2D eigenvalue weighted by Crippen LogP contribution is 2.16. The molecule has 2 unspecified atom stereocenters. The van der Waals surface area contributed by atoms with Crippen LogP contribution in [0.15, 0.2) is 60.7 Å². The summed E-state index contributed by atoms with van der Waals surface area (Å²) in [6.45, 7) is 6.00. The summed E-state index contributed by atoms with van der Waals surface area (Å²) >= 11 is 0. The van der Waals surface area contributed by atoms with Gasteiger partial charge >= 0.3 is 5.97 Å². The molecule has 0 aliphatic rings. The number of ether oxygens (including phenoxy) is 1. The molecule has 5 nitrogen and oxygen atoms in total. The van der Waals surface area contributed by atoms with Crippen molar-refractivity contribution in [3.8, 4) is 5.75 Å². The van der Waals surface area contributed by atoms with Gasteiger partial charge in [0.2, 0.25) is 0 Å². The average molecular weight is 401 g/mol. The van der Waals surface area contributed by atoms with Gasteiger partial charge in [-0.05, 0) is 25.0 Å². The Balaban J connectivity index is 0.000000311. The van der Waals surface area contributed by atoms with E-state index < -0.39 is 11.8 Å². The Labute approximate surface area is 173 Å². The fraction of sp³-hybridized carbons (Fsp3) is 0.417. The van der Waals surface area contributed by atoms with Crippen LogP contribution < -0.4 is 4.74 Å². The lowest BCUT2D eigenvalue weighted by Gasteiger charge is -2.23. The third-order valence-electron chi connectivity index (χ3n) is 4.56. The fourth-order valence-corrected chi connectivity index (χ4v) is 2.72. The van der Waals surface area contributed by atoms with Crippen LogP contribution in [0, 0.1) is 5.92 Å². The summed E-state index contributed by atoms with van der Waals surface area (Å²) in [5.74, 6) is -1.14. The average Bonchev–Trinajstić information content (AvgIpc) is 2.74. The molecule has 2 aromatic carbocycles. The largest absolute Gasteiger partial charge is 0.421 e. The number of carbonyl (C=O) groups excluding carboxylic acids is 2. The van der Waals surface area contributed by atoms with Gasteiger partial charge in [-0.1, -0.05) is 82.1 Å². The molecular weight excluding hydrogens is 368 g/mol. The zero-order chi connectivity index (χ0) is 21.6. The lowest BCUT2D eigenvalue weighted by molar-refractivity contribution is -0.129.